The highest BCUT2D eigenvalue weighted by molar-refractivity contribution is 7.98. The van der Waals surface area contributed by atoms with Gasteiger partial charge < -0.3 is 13.9 Å². The van der Waals surface area contributed by atoms with Gasteiger partial charge in [0.15, 0.2) is 6.79 Å². The number of thioether (sulfide) groups is 1. The first kappa shape index (κ1) is 14.5. The van der Waals surface area contributed by atoms with Crippen LogP contribution in [0.3, 0.4) is 0 Å². The fourth-order valence-corrected chi connectivity index (χ4v) is 3.14. The number of hydrogen-bond acceptors (Lipinski definition) is 8. The number of rotatable bonds is 5. The van der Waals surface area contributed by atoms with Crippen LogP contribution < -0.4 is 4.74 Å². The molecule has 23 heavy (non-hydrogen) atoms. The van der Waals surface area contributed by atoms with Gasteiger partial charge in [0.2, 0.25) is 5.89 Å². The molecule has 2 heterocycles. The zero-order chi connectivity index (χ0) is 15.8. The third kappa shape index (κ3) is 3.02. The zero-order valence-electron chi connectivity index (χ0n) is 12.1. The summed E-state index contributed by atoms with van der Waals surface area (Å²) in [6.07, 6.45) is 2.19. The molecule has 1 aromatic heterocycles. The van der Waals surface area contributed by atoms with Gasteiger partial charge in [0, 0.05) is 34.9 Å². The molecule has 0 bridgehead atoms. The Bertz CT molecular complexity index is 759. The Balaban J connectivity index is 1.56. The predicted octanol–water partition coefficient (Wildman–Crippen LogP) is 3.01. The smallest absolute Gasteiger partial charge is 0.276 e. The van der Waals surface area contributed by atoms with Crippen molar-refractivity contribution in [2.24, 2.45) is 0 Å². The van der Waals surface area contributed by atoms with Crippen LogP contribution in [-0.4, -0.2) is 21.9 Å². The molecule has 0 unspecified atom stereocenters. The maximum Gasteiger partial charge on any atom is 0.276 e. The SMILES string of the molecule is O=[N+]([O-])c1cc2c(c(CSc3nnc(C4CC4)o3)c1)OCOC2. The van der Waals surface area contributed by atoms with Crippen LogP contribution in [0.5, 0.6) is 5.75 Å². The highest BCUT2D eigenvalue weighted by Gasteiger charge is 2.29. The van der Waals surface area contributed by atoms with Gasteiger partial charge >= 0.3 is 0 Å². The standard InChI is InChI=1S/C14H13N3O5S/c18-17(19)11-3-9-5-20-7-21-12(9)10(4-11)6-23-14-16-15-13(22-14)8-1-2-8/h3-4,8H,1-2,5-7H2. The summed E-state index contributed by atoms with van der Waals surface area (Å²) in [5.41, 5.74) is 1.44. The Morgan fingerprint density at radius 3 is 3.00 bits per heavy atom. The molecule has 0 saturated heterocycles. The van der Waals surface area contributed by atoms with E-state index in [9.17, 15) is 10.1 Å². The molecule has 1 fully saturated rings. The van der Waals surface area contributed by atoms with Crippen molar-refractivity contribution in [1.29, 1.82) is 0 Å². The van der Waals surface area contributed by atoms with Gasteiger partial charge in [-0.05, 0) is 12.8 Å². The minimum atomic E-state index is -0.416. The molecule has 8 nitrogen and oxygen atoms in total. The van der Waals surface area contributed by atoms with E-state index in [1.165, 1.54) is 23.9 Å². The Morgan fingerprint density at radius 1 is 1.35 bits per heavy atom. The molecule has 4 rings (SSSR count). The second kappa shape index (κ2) is 5.82. The second-order valence-corrected chi connectivity index (χ2v) is 6.36. The predicted molar refractivity (Wildman–Crippen MR) is 79.2 cm³/mol. The number of nitrogens with zero attached hydrogens (tertiary/aromatic N) is 3. The molecule has 1 aliphatic heterocycles. The molecule has 9 heteroatoms. The minimum absolute atomic E-state index is 0.0256. The quantitative estimate of drug-likeness (QED) is 0.467. The van der Waals surface area contributed by atoms with E-state index < -0.39 is 4.92 Å². The molecule has 0 atom stereocenters. The Kier molecular flexibility index (Phi) is 3.66. The van der Waals surface area contributed by atoms with Crippen molar-refractivity contribution >= 4 is 17.4 Å². The molecule has 0 radical (unpaired) electrons. The molecule has 1 aliphatic carbocycles. The lowest BCUT2D eigenvalue weighted by molar-refractivity contribution is -0.385. The van der Waals surface area contributed by atoms with Gasteiger partial charge in [-0.2, -0.15) is 0 Å². The summed E-state index contributed by atoms with van der Waals surface area (Å²) in [7, 11) is 0. The van der Waals surface area contributed by atoms with E-state index in [1.807, 2.05) is 0 Å². The highest BCUT2D eigenvalue weighted by Crippen LogP contribution is 2.41. The first-order valence-electron chi connectivity index (χ1n) is 7.17. The number of ether oxygens (including phenoxy) is 2. The fourth-order valence-electron chi connectivity index (χ4n) is 2.41. The van der Waals surface area contributed by atoms with Crippen molar-refractivity contribution in [2.75, 3.05) is 6.79 Å². The van der Waals surface area contributed by atoms with Crippen LogP contribution in [0.1, 0.15) is 35.8 Å². The molecule has 2 aliphatic rings. The molecule has 120 valence electrons. The van der Waals surface area contributed by atoms with Crippen molar-refractivity contribution in [3.05, 3.63) is 39.3 Å². The van der Waals surface area contributed by atoms with Gasteiger partial charge in [-0.15, -0.1) is 10.2 Å². The van der Waals surface area contributed by atoms with Crippen molar-refractivity contribution in [3.8, 4) is 5.75 Å². The van der Waals surface area contributed by atoms with Crippen LogP contribution in [0.4, 0.5) is 5.69 Å². The number of fused-ring (bicyclic) bond motifs is 1. The van der Waals surface area contributed by atoms with E-state index in [-0.39, 0.29) is 12.5 Å². The average molecular weight is 335 g/mol. The van der Waals surface area contributed by atoms with E-state index in [0.717, 1.165) is 18.4 Å². The molecular formula is C14H13N3O5S. The molecule has 0 amide bonds. The lowest BCUT2D eigenvalue weighted by Gasteiger charge is -2.20. The summed E-state index contributed by atoms with van der Waals surface area (Å²) in [6, 6.07) is 3.01. The van der Waals surface area contributed by atoms with E-state index in [1.54, 1.807) is 0 Å². The Labute approximate surface area is 135 Å². The van der Waals surface area contributed by atoms with E-state index in [4.69, 9.17) is 13.9 Å². The van der Waals surface area contributed by atoms with Gasteiger partial charge in [0.05, 0.1) is 11.5 Å². The van der Waals surface area contributed by atoms with Crippen molar-refractivity contribution < 1.29 is 18.8 Å². The fraction of sp³-hybridized carbons (Fsp3) is 0.429. The first-order chi connectivity index (χ1) is 11.2. The summed E-state index contributed by atoms with van der Waals surface area (Å²) >= 11 is 1.35. The Morgan fingerprint density at radius 2 is 2.22 bits per heavy atom. The number of nitro groups is 1. The monoisotopic (exact) mass is 335 g/mol. The molecule has 2 aromatic rings. The number of nitro benzene ring substituents is 1. The lowest BCUT2D eigenvalue weighted by atomic mass is 10.1. The van der Waals surface area contributed by atoms with Crippen LogP contribution in [0.15, 0.2) is 21.8 Å². The van der Waals surface area contributed by atoms with E-state index in [2.05, 4.69) is 10.2 Å². The van der Waals surface area contributed by atoms with Gasteiger partial charge in [0.25, 0.3) is 10.9 Å². The number of non-ortho nitro benzene ring substituents is 1. The van der Waals surface area contributed by atoms with Gasteiger partial charge in [-0.25, -0.2) is 0 Å². The highest BCUT2D eigenvalue weighted by atomic mass is 32.2. The van der Waals surface area contributed by atoms with Crippen LogP contribution >= 0.6 is 11.8 Å². The van der Waals surface area contributed by atoms with Gasteiger partial charge in [-0.3, -0.25) is 10.1 Å². The number of hydrogen-bond donors (Lipinski definition) is 0. The lowest BCUT2D eigenvalue weighted by Crippen LogP contribution is -2.13. The second-order valence-electron chi connectivity index (χ2n) is 5.43. The molecule has 1 saturated carbocycles. The minimum Gasteiger partial charge on any atom is -0.467 e. The third-order valence-corrected chi connectivity index (χ3v) is 4.55. The number of aromatic nitrogens is 2. The molecule has 0 spiro atoms. The zero-order valence-corrected chi connectivity index (χ0v) is 12.9. The normalized spacial score (nSPS) is 16.7. The molecule has 0 N–H and O–H groups in total. The largest absolute Gasteiger partial charge is 0.467 e. The third-order valence-electron chi connectivity index (χ3n) is 3.68. The van der Waals surface area contributed by atoms with Crippen LogP contribution in [0, 0.1) is 10.1 Å². The van der Waals surface area contributed by atoms with Crippen molar-refractivity contribution in [2.45, 2.75) is 36.3 Å². The van der Waals surface area contributed by atoms with Crippen LogP contribution in [-0.2, 0) is 17.1 Å². The summed E-state index contributed by atoms with van der Waals surface area (Å²) in [4.78, 5) is 10.7. The van der Waals surface area contributed by atoms with Crippen molar-refractivity contribution in [1.82, 2.24) is 10.2 Å². The van der Waals surface area contributed by atoms with Crippen molar-refractivity contribution in [3.63, 3.8) is 0 Å². The summed E-state index contributed by atoms with van der Waals surface area (Å²) in [5.74, 6) is 2.19. The Hall–Kier alpha value is -2.13. The summed E-state index contributed by atoms with van der Waals surface area (Å²) < 4.78 is 16.3. The maximum atomic E-state index is 11.1. The van der Waals surface area contributed by atoms with Gasteiger partial charge in [-0.1, -0.05) is 11.8 Å². The number of benzene rings is 1. The average Bonchev–Trinajstić information content (AvgIpc) is 3.31. The molecule has 1 aromatic carbocycles. The topological polar surface area (TPSA) is 101 Å². The summed E-state index contributed by atoms with van der Waals surface area (Å²) in [5, 5.41) is 19.6. The first-order valence-corrected chi connectivity index (χ1v) is 8.16. The summed E-state index contributed by atoms with van der Waals surface area (Å²) in [6.45, 7) is 0.454. The maximum absolute atomic E-state index is 11.1. The van der Waals surface area contributed by atoms with Crippen LogP contribution in [0.2, 0.25) is 0 Å². The van der Waals surface area contributed by atoms with E-state index >= 15 is 0 Å². The van der Waals surface area contributed by atoms with Gasteiger partial charge in [0.1, 0.15) is 5.75 Å². The molecular weight excluding hydrogens is 322 g/mol. The van der Waals surface area contributed by atoms with E-state index in [0.29, 0.717) is 40.7 Å². The van der Waals surface area contributed by atoms with Crippen LogP contribution in [0.25, 0.3) is 0 Å².